The molecule has 1 fully saturated rings. The number of para-hydroxylation sites is 1. The fourth-order valence-electron chi connectivity index (χ4n) is 6.38. The second-order valence-electron chi connectivity index (χ2n) is 12.9. The summed E-state index contributed by atoms with van der Waals surface area (Å²) < 4.78 is 5.98. The predicted molar refractivity (Wildman–Crippen MR) is 183 cm³/mol. The first kappa shape index (κ1) is 34.5. The fourth-order valence-corrected chi connectivity index (χ4v) is 6.38. The van der Waals surface area contributed by atoms with Gasteiger partial charge in [-0.25, -0.2) is 4.79 Å². The zero-order valence-electron chi connectivity index (χ0n) is 27.9. The Balaban J connectivity index is 1.52. The van der Waals surface area contributed by atoms with Gasteiger partial charge in [-0.1, -0.05) is 99.6 Å². The van der Waals surface area contributed by atoms with Gasteiger partial charge in [0.15, 0.2) is 6.61 Å². The van der Waals surface area contributed by atoms with Crippen molar-refractivity contribution in [2.24, 2.45) is 11.8 Å². The average Bonchev–Trinajstić information content (AvgIpc) is 3.02. The van der Waals surface area contributed by atoms with Crippen LogP contribution >= 0.6 is 0 Å². The fraction of sp³-hybridized carbons (Fsp3) is 0.447. The second-order valence-corrected chi connectivity index (χ2v) is 12.9. The first-order valence-corrected chi connectivity index (χ1v) is 16.5. The minimum absolute atomic E-state index is 0.00847. The molecule has 4 amide bonds. The molecule has 1 aliphatic rings. The molecule has 8 heteroatoms. The van der Waals surface area contributed by atoms with Crippen LogP contribution in [0.4, 0.5) is 4.79 Å². The molecule has 0 radical (unpaired) electrons. The minimum atomic E-state index is -0.573. The molecule has 0 bridgehead atoms. The van der Waals surface area contributed by atoms with E-state index in [9.17, 15) is 14.4 Å². The van der Waals surface area contributed by atoms with Crippen LogP contribution in [0.3, 0.4) is 0 Å². The van der Waals surface area contributed by atoms with E-state index in [1.165, 1.54) is 0 Å². The number of carbonyl (C=O) groups excluding carboxylic acids is 3. The van der Waals surface area contributed by atoms with E-state index >= 15 is 0 Å². The van der Waals surface area contributed by atoms with Crippen LogP contribution in [-0.4, -0.2) is 60.6 Å². The van der Waals surface area contributed by atoms with Gasteiger partial charge in [-0.05, 0) is 73.6 Å². The topological polar surface area (TPSA) is 99.8 Å². The van der Waals surface area contributed by atoms with Gasteiger partial charge in [-0.3, -0.25) is 9.59 Å². The first-order valence-electron chi connectivity index (χ1n) is 16.5. The van der Waals surface area contributed by atoms with Gasteiger partial charge < -0.3 is 25.6 Å². The van der Waals surface area contributed by atoms with E-state index in [1.807, 2.05) is 82.3 Å². The van der Waals surface area contributed by atoms with Gasteiger partial charge >= 0.3 is 6.03 Å². The Hall–Kier alpha value is -4.33. The molecule has 4 rings (SSSR count). The molecule has 0 aromatic heterocycles. The van der Waals surface area contributed by atoms with Crippen LogP contribution in [0, 0.1) is 25.7 Å². The van der Waals surface area contributed by atoms with E-state index in [0.717, 1.165) is 34.4 Å². The Morgan fingerprint density at radius 1 is 0.848 bits per heavy atom. The zero-order valence-corrected chi connectivity index (χ0v) is 27.9. The van der Waals surface area contributed by atoms with Gasteiger partial charge in [0.2, 0.25) is 5.91 Å². The van der Waals surface area contributed by atoms with Crippen molar-refractivity contribution in [1.29, 1.82) is 0 Å². The monoisotopic (exact) mass is 626 g/mol. The molecule has 3 aromatic rings. The molecule has 8 nitrogen and oxygen atoms in total. The number of amides is 4. The Bertz CT molecular complexity index is 1410. The molecule has 46 heavy (non-hydrogen) atoms. The molecular formula is C38H50N4O4. The predicted octanol–water partition coefficient (Wildman–Crippen LogP) is 5.60. The van der Waals surface area contributed by atoms with E-state index in [-0.39, 0.29) is 48.4 Å². The molecular weight excluding hydrogens is 576 g/mol. The second kappa shape index (κ2) is 16.8. The number of hydrogen-bond acceptors (Lipinski definition) is 4. The van der Waals surface area contributed by atoms with E-state index in [0.29, 0.717) is 32.4 Å². The standard InChI is InChI=1S/C38H50N4O4/c1-26(2)35(42-21-13-20-39-38(42)45)37(44)40-32(23-30-16-8-6-9-17-30)22-29(5)33(24-31-18-10-7-11-19-31)41-34(43)25-46-36-27(3)14-12-15-28(36)4/h6-12,14-19,26,29,32-33,35H,13,20-25H2,1-5H3,(H,39,45)(H,40,44)(H,41,43)/t29?,32-,33+,35+/m1/s1. The highest BCUT2D eigenvalue weighted by atomic mass is 16.5. The summed E-state index contributed by atoms with van der Waals surface area (Å²) in [6.45, 7) is 11.1. The summed E-state index contributed by atoms with van der Waals surface area (Å²) in [7, 11) is 0. The third kappa shape index (κ3) is 9.83. The summed E-state index contributed by atoms with van der Waals surface area (Å²) in [5, 5.41) is 9.47. The third-order valence-electron chi connectivity index (χ3n) is 8.76. The minimum Gasteiger partial charge on any atom is -0.483 e. The summed E-state index contributed by atoms with van der Waals surface area (Å²) in [6, 6.07) is 25.0. The maximum Gasteiger partial charge on any atom is 0.318 e. The molecule has 246 valence electrons. The molecule has 3 aromatic carbocycles. The lowest BCUT2D eigenvalue weighted by Gasteiger charge is -2.37. The van der Waals surface area contributed by atoms with Crippen molar-refractivity contribution < 1.29 is 19.1 Å². The summed E-state index contributed by atoms with van der Waals surface area (Å²) in [5.41, 5.74) is 4.21. The van der Waals surface area contributed by atoms with Gasteiger partial charge in [-0.15, -0.1) is 0 Å². The summed E-state index contributed by atoms with van der Waals surface area (Å²) in [6.07, 6.45) is 2.72. The lowest BCUT2D eigenvalue weighted by Crippen LogP contribution is -2.59. The van der Waals surface area contributed by atoms with Crippen molar-refractivity contribution in [3.8, 4) is 5.75 Å². The van der Waals surface area contributed by atoms with Crippen molar-refractivity contribution in [1.82, 2.24) is 20.9 Å². The van der Waals surface area contributed by atoms with E-state index in [2.05, 4.69) is 47.1 Å². The third-order valence-corrected chi connectivity index (χ3v) is 8.76. The first-order chi connectivity index (χ1) is 22.1. The number of urea groups is 1. The van der Waals surface area contributed by atoms with Crippen LogP contribution in [0.25, 0.3) is 0 Å². The van der Waals surface area contributed by atoms with Crippen molar-refractivity contribution in [2.45, 2.75) is 78.4 Å². The molecule has 1 saturated heterocycles. The van der Waals surface area contributed by atoms with E-state index in [1.54, 1.807) is 4.90 Å². The molecule has 0 saturated carbocycles. The number of nitrogens with zero attached hydrogens (tertiary/aromatic N) is 1. The number of carbonyl (C=O) groups is 3. The Kier molecular flexibility index (Phi) is 12.6. The number of aryl methyl sites for hydroxylation is 2. The summed E-state index contributed by atoms with van der Waals surface area (Å²) >= 11 is 0. The summed E-state index contributed by atoms with van der Waals surface area (Å²) in [5.74, 6) is 0.355. The summed E-state index contributed by atoms with van der Waals surface area (Å²) in [4.78, 5) is 41.6. The zero-order chi connectivity index (χ0) is 33.1. The van der Waals surface area contributed by atoms with Crippen molar-refractivity contribution in [3.05, 3.63) is 101 Å². The van der Waals surface area contributed by atoms with Crippen LogP contribution in [-0.2, 0) is 22.4 Å². The van der Waals surface area contributed by atoms with E-state index in [4.69, 9.17) is 4.74 Å². The smallest absolute Gasteiger partial charge is 0.318 e. The Morgan fingerprint density at radius 2 is 1.46 bits per heavy atom. The van der Waals surface area contributed by atoms with Crippen LogP contribution in [0.2, 0.25) is 0 Å². The number of rotatable bonds is 15. The van der Waals surface area contributed by atoms with Crippen molar-refractivity contribution in [3.63, 3.8) is 0 Å². The lowest BCUT2D eigenvalue weighted by atomic mass is 9.87. The largest absolute Gasteiger partial charge is 0.483 e. The Morgan fingerprint density at radius 3 is 2.04 bits per heavy atom. The van der Waals surface area contributed by atoms with Gasteiger partial charge in [0.05, 0.1) is 0 Å². The van der Waals surface area contributed by atoms with Gasteiger partial charge in [-0.2, -0.15) is 0 Å². The van der Waals surface area contributed by atoms with Gasteiger partial charge in [0, 0.05) is 25.2 Å². The number of ether oxygens (including phenoxy) is 1. The van der Waals surface area contributed by atoms with Crippen molar-refractivity contribution >= 4 is 17.8 Å². The Labute approximate surface area is 274 Å². The quantitative estimate of drug-likeness (QED) is 0.204. The SMILES string of the molecule is Cc1cccc(C)c1OCC(=O)N[C@@H](Cc1ccccc1)C(C)C[C@H](Cc1ccccc1)NC(=O)[C@H](C(C)C)N1CCCNC1=O. The maximum atomic E-state index is 13.9. The average molecular weight is 627 g/mol. The molecule has 1 heterocycles. The van der Waals surface area contributed by atoms with Crippen LogP contribution in [0.15, 0.2) is 78.9 Å². The van der Waals surface area contributed by atoms with Crippen LogP contribution in [0.5, 0.6) is 5.75 Å². The highest BCUT2D eigenvalue weighted by Gasteiger charge is 2.35. The highest BCUT2D eigenvalue weighted by molar-refractivity contribution is 5.87. The highest BCUT2D eigenvalue weighted by Crippen LogP contribution is 2.23. The number of hydrogen-bond donors (Lipinski definition) is 3. The van der Waals surface area contributed by atoms with E-state index < -0.39 is 6.04 Å². The normalized spacial score (nSPS) is 15.8. The molecule has 0 aliphatic carbocycles. The molecule has 1 aliphatic heterocycles. The number of benzene rings is 3. The van der Waals surface area contributed by atoms with Gasteiger partial charge in [0.25, 0.3) is 5.91 Å². The number of nitrogens with one attached hydrogen (secondary N) is 3. The van der Waals surface area contributed by atoms with Crippen LogP contribution < -0.4 is 20.7 Å². The van der Waals surface area contributed by atoms with Crippen molar-refractivity contribution in [2.75, 3.05) is 19.7 Å². The molecule has 4 atom stereocenters. The molecule has 3 N–H and O–H groups in total. The maximum absolute atomic E-state index is 13.9. The van der Waals surface area contributed by atoms with Gasteiger partial charge in [0.1, 0.15) is 11.8 Å². The lowest BCUT2D eigenvalue weighted by molar-refractivity contribution is -0.128. The molecule has 0 spiro atoms. The molecule has 1 unspecified atom stereocenters. The van der Waals surface area contributed by atoms with Crippen LogP contribution in [0.1, 0.15) is 55.9 Å².